The Morgan fingerprint density at radius 2 is 0.820 bits per heavy atom. The van der Waals surface area contributed by atoms with Gasteiger partial charge in [0, 0.05) is 22.7 Å². The first kappa shape index (κ1) is 33.5. The molecule has 0 spiro atoms. The molecule has 6 aromatic carbocycles. The highest BCUT2D eigenvalue weighted by Gasteiger charge is 2.18. The van der Waals surface area contributed by atoms with Crippen molar-refractivity contribution in [2.75, 3.05) is 20.1 Å². The van der Waals surface area contributed by atoms with Crippen molar-refractivity contribution in [3.63, 3.8) is 0 Å². The number of hydrogen-bond donors (Lipinski definition) is 6. The van der Waals surface area contributed by atoms with E-state index in [4.69, 9.17) is 0 Å². The van der Waals surface area contributed by atoms with Gasteiger partial charge < -0.3 is 20.8 Å². The highest BCUT2D eigenvalue weighted by molar-refractivity contribution is 7.93. The number of urea groups is 1. The summed E-state index contributed by atoms with van der Waals surface area (Å²) in [7, 11) is -8.05. The minimum absolute atomic E-state index is 0.0352. The zero-order chi connectivity index (χ0) is 35.6. The van der Waals surface area contributed by atoms with E-state index in [2.05, 4.69) is 20.1 Å². The molecule has 0 bridgehead atoms. The Labute approximate surface area is 285 Å². The Balaban J connectivity index is 1.12. The number of carboxylic acids is 2. The third-order valence-electron chi connectivity index (χ3n) is 7.48. The fourth-order valence-electron chi connectivity index (χ4n) is 5.09. The maximum absolute atomic E-state index is 13.0. The second-order valence-electron chi connectivity index (χ2n) is 11.0. The molecule has 13 nitrogen and oxygen atoms in total. The third-order valence-corrected chi connectivity index (χ3v) is 10.2. The molecule has 0 aliphatic carbocycles. The molecule has 0 atom stereocenters. The lowest BCUT2D eigenvalue weighted by atomic mass is 10.1. The lowest BCUT2D eigenvalue weighted by Crippen LogP contribution is -2.19. The van der Waals surface area contributed by atoms with E-state index in [9.17, 15) is 41.4 Å². The summed E-state index contributed by atoms with van der Waals surface area (Å²) in [5, 5.41) is 26.3. The summed E-state index contributed by atoms with van der Waals surface area (Å²) in [5.74, 6) is -2.37. The van der Waals surface area contributed by atoms with E-state index >= 15 is 0 Å². The molecule has 0 saturated carbocycles. The first-order valence-corrected chi connectivity index (χ1v) is 17.6. The van der Waals surface area contributed by atoms with E-state index in [1.165, 1.54) is 72.8 Å². The quantitative estimate of drug-likeness (QED) is 0.0900. The van der Waals surface area contributed by atoms with Gasteiger partial charge in [-0.2, -0.15) is 0 Å². The zero-order valence-electron chi connectivity index (χ0n) is 25.6. The highest BCUT2D eigenvalue weighted by atomic mass is 32.2. The van der Waals surface area contributed by atoms with Gasteiger partial charge in [0.2, 0.25) is 0 Å². The van der Waals surface area contributed by atoms with Crippen LogP contribution in [0.5, 0.6) is 0 Å². The van der Waals surface area contributed by atoms with E-state index in [-0.39, 0.29) is 32.3 Å². The van der Waals surface area contributed by atoms with Crippen LogP contribution in [0.1, 0.15) is 20.7 Å². The number of aromatic carboxylic acids is 2. The number of carbonyl (C=O) groups excluding carboxylic acids is 1. The van der Waals surface area contributed by atoms with Gasteiger partial charge in [-0.3, -0.25) is 9.44 Å². The summed E-state index contributed by atoms with van der Waals surface area (Å²) < 4.78 is 56.7. The molecule has 6 aromatic rings. The molecule has 0 aliphatic heterocycles. The fourth-order valence-corrected chi connectivity index (χ4v) is 7.26. The van der Waals surface area contributed by atoms with Gasteiger partial charge in [0.05, 0.1) is 20.9 Å². The molecule has 0 aromatic heterocycles. The Hall–Kier alpha value is -6.45. The second kappa shape index (κ2) is 13.2. The maximum atomic E-state index is 13.0. The molecular weight excluding hydrogens is 685 g/mol. The van der Waals surface area contributed by atoms with Crippen LogP contribution < -0.4 is 20.1 Å². The van der Waals surface area contributed by atoms with Crippen LogP contribution in [0.2, 0.25) is 0 Å². The lowest BCUT2D eigenvalue weighted by Gasteiger charge is -2.12. The number of carbonyl (C=O) groups is 3. The largest absolute Gasteiger partial charge is 0.478 e. The average molecular weight is 711 g/mol. The van der Waals surface area contributed by atoms with Gasteiger partial charge in [-0.1, -0.05) is 36.4 Å². The predicted octanol–water partition coefficient (Wildman–Crippen LogP) is 6.64. The Bertz CT molecular complexity index is 2400. The Morgan fingerprint density at radius 1 is 0.440 bits per heavy atom. The number of amides is 2. The third kappa shape index (κ3) is 7.48. The monoisotopic (exact) mass is 710 g/mol. The average Bonchev–Trinajstić information content (AvgIpc) is 3.07. The number of fused-ring (bicyclic) bond motifs is 2. The molecule has 0 saturated heterocycles. The summed E-state index contributed by atoms with van der Waals surface area (Å²) in [6.45, 7) is 0. The van der Waals surface area contributed by atoms with Crippen molar-refractivity contribution in [3.8, 4) is 0 Å². The number of anilines is 4. The van der Waals surface area contributed by atoms with Crippen molar-refractivity contribution in [1.29, 1.82) is 0 Å². The van der Waals surface area contributed by atoms with E-state index in [1.807, 2.05) is 0 Å². The molecule has 0 heterocycles. The highest BCUT2D eigenvalue weighted by Crippen LogP contribution is 2.27. The molecule has 15 heteroatoms. The van der Waals surface area contributed by atoms with Crippen molar-refractivity contribution >= 4 is 82.3 Å². The van der Waals surface area contributed by atoms with Crippen molar-refractivity contribution in [2.24, 2.45) is 0 Å². The minimum atomic E-state index is -4.03. The van der Waals surface area contributed by atoms with Crippen LogP contribution in [0, 0.1) is 0 Å². The van der Waals surface area contributed by atoms with Crippen LogP contribution in [0.15, 0.2) is 131 Å². The van der Waals surface area contributed by atoms with Gasteiger partial charge >= 0.3 is 18.0 Å². The van der Waals surface area contributed by atoms with Gasteiger partial charge in [-0.15, -0.1) is 0 Å². The normalized spacial score (nSPS) is 11.5. The number of sulfonamides is 2. The van der Waals surface area contributed by atoms with Crippen LogP contribution in [0.4, 0.5) is 27.5 Å². The number of hydrogen-bond acceptors (Lipinski definition) is 7. The maximum Gasteiger partial charge on any atom is 0.335 e. The molecule has 6 rings (SSSR count). The molecule has 0 aliphatic rings. The van der Waals surface area contributed by atoms with Crippen molar-refractivity contribution < 1.29 is 41.4 Å². The Kier molecular flexibility index (Phi) is 8.84. The first-order chi connectivity index (χ1) is 23.8. The molecule has 50 heavy (non-hydrogen) atoms. The molecule has 2 amide bonds. The predicted molar refractivity (Wildman–Crippen MR) is 189 cm³/mol. The van der Waals surface area contributed by atoms with E-state index in [1.54, 1.807) is 48.5 Å². The SMILES string of the molecule is O=C(Nc1ccc2cc(S(=O)(=O)Nc3cccc(C(=O)O)c3)ccc2c1)Nc1ccc2cc(S(=O)(=O)Nc3cccc(C(=O)O)c3)ccc2c1. The number of rotatable bonds is 10. The molecule has 6 N–H and O–H groups in total. The van der Waals surface area contributed by atoms with Crippen LogP contribution in [0.3, 0.4) is 0 Å². The first-order valence-electron chi connectivity index (χ1n) is 14.6. The molecule has 252 valence electrons. The lowest BCUT2D eigenvalue weighted by molar-refractivity contribution is 0.0686. The zero-order valence-corrected chi connectivity index (χ0v) is 27.2. The van der Waals surface area contributed by atoms with E-state index < -0.39 is 38.0 Å². The summed E-state index contributed by atoms with van der Waals surface area (Å²) in [4.78, 5) is 35.2. The summed E-state index contributed by atoms with van der Waals surface area (Å²) >= 11 is 0. The molecular formula is C35H26N4O9S2. The van der Waals surface area contributed by atoms with Crippen molar-refractivity contribution in [3.05, 3.63) is 132 Å². The number of benzene rings is 6. The van der Waals surface area contributed by atoms with Gasteiger partial charge in [-0.25, -0.2) is 31.2 Å². The van der Waals surface area contributed by atoms with E-state index in [0.717, 1.165) is 0 Å². The van der Waals surface area contributed by atoms with E-state index in [0.29, 0.717) is 32.9 Å². The van der Waals surface area contributed by atoms with Gasteiger partial charge in [0.1, 0.15) is 0 Å². The van der Waals surface area contributed by atoms with Crippen LogP contribution in [-0.2, 0) is 20.0 Å². The Morgan fingerprint density at radius 3 is 1.22 bits per heavy atom. The van der Waals surface area contributed by atoms with Crippen molar-refractivity contribution in [2.45, 2.75) is 9.79 Å². The summed E-state index contributed by atoms with van der Waals surface area (Å²) in [6, 6.07) is 29.1. The molecule has 0 unspecified atom stereocenters. The van der Waals surface area contributed by atoms with Crippen LogP contribution in [0.25, 0.3) is 21.5 Å². The van der Waals surface area contributed by atoms with Crippen molar-refractivity contribution in [1.82, 2.24) is 0 Å². The van der Waals surface area contributed by atoms with Gasteiger partial charge in [0.15, 0.2) is 0 Å². The van der Waals surface area contributed by atoms with Crippen LogP contribution in [-0.4, -0.2) is 45.0 Å². The standard InChI is InChI=1S/C35H26N4O9S2/c40-33(41)25-3-1-5-29(17-25)38-49(45,46)31-13-9-21-15-27(11-7-23(21)19-31)36-35(44)37-28-12-8-24-20-32(14-10-22(24)16-28)50(47,48)39-30-6-2-4-26(18-30)34(42)43/h1-20,38-39H,(H,40,41)(H,42,43)(H2,36,37,44). The minimum Gasteiger partial charge on any atom is -0.478 e. The topological polar surface area (TPSA) is 208 Å². The summed E-state index contributed by atoms with van der Waals surface area (Å²) in [6.07, 6.45) is 0. The number of nitrogens with one attached hydrogen (secondary N) is 4. The van der Waals surface area contributed by atoms with Gasteiger partial charge in [-0.05, 0) is 106 Å². The fraction of sp³-hybridized carbons (Fsp3) is 0. The van der Waals surface area contributed by atoms with Crippen LogP contribution >= 0.6 is 0 Å². The molecule has 0 fully saturated rings. The second-order valence-corrected chi connectivity index (χ2v) is 14.4. The molecule has 0 radical (unpaired) electrons. The van der Waals surface area contributed by atoms with Gasteiger partial charge in [0.25, 0.3) is 20.0 Å². The summed E-state index contributed by atoms with van der Waals surface area (Å²) in [5.41, 5.74) is 0.963. The number of carboxylic acid groups (broad SMARTS) is 2. The smallest absolute Gasteiger partial charge is 0.335 e.